The fraction of sp³-hybridized carbons (Fsp3) is 0.0244. The Morgan fingerprint density at radius 1 is 0.548 bits per heavy atom. The monoisotopic (exact) mass is 541 g/mol. The normalized spacial score (nSPS) is 11.5. The molecule has 204 valence electrons. The SMILES string of the molecule is C=Cc1c(-c2ccc(C(/C=C\C)=C/N)cc2)ccc(-c2c(C=C)c(C=C)c(-c3ccccc3)c3ccccc23)c1C=C. The molecular formula is C41H35N. The smallest absolute Gasteiger partial charge is 0.00174 e. The first-order valence-electron chi connectivity index (χ1n) is 14.1. The van der Waals surface area contributed by atoms with E-state index in [9.17, 15) is 0 Å². The fourth-order valence-electron chi connectivity index (χ4n) is 5.92. The molecule has 0 aromatic heterocycles. The maximum atomic E-state index is 5.87. The van der Waals surface area contributed by atoms with Crippen LogP contribution in [-0.4, -0.2) is 0 Å². The highest BCUT2D eigenvalue weighted by molar-refractivity contribution is 6.12. The van der Waals surface area contributed by atoms with Crippen LogP contribution in [0.2, 0.25) is 0 Å². The number of fused-ring (bicyclic) bond motifs is 1. The van der Waals surface area contributed by atoms with E-state index in [1.165, 1.54) is 5.39 Å². The third kappa shape index (κ3) is 4.87. The van der Waals surface area contributed by atoms with E-state index in [1.807, 2.05) is 49.4 Å². The Morgan fingerprint density at radius 3 is 1.64 bits per heavy atom. The van der Waals surface area contributed by atoms with E-state index in [2.05, 4.69) is 111 Å². The van der Waals surface area contributed by atoms with Crippen LogP contribution in [-0.2, 0) is 0 Å². The molecule has 0 atom stereocenters. The van der Waals surface area contributed by atoms with E-state index in [1.54, 1.807) is 6.20 Å². The van der Waals surface area contributed by atoms with Crippen LogP contribution in [0.4, 0.5) is 0 Å². The molecule has 1 heteroatoms. The lowest BCUT2D eigenvalue weighted by atomic mass is 9.80. The minimum Gasteiger partial charge on any atom is -0.404 e. The average Bonchev–Trinajstić information content (AvgIpc) is 3.05. The van der Waals surface area contributed by atoms with Crippen LogP contribution >= 0.6 is 0 Å². The van der Waals surface area contributed by atoms with Crippen LogP contribution in [0.3, 0.4) is 0 Å². The van der Waals surface area contributed by atoms with Gasteiger partial charge >= 0.3 is 0 Å². The summed E-state index contributed by atoms with van der Waals surface area (Å²) in [6.45, 7) is 18.9. The summed E-state index contributed by atoms with van der Waals surface area (Å²) in [6.07, 6.45) is 13.4. The zero-order chi connectivity index (χ0) is 29.6. The molecule has 0 saturated carbocycles. The van der Waals surface area contributed by atoms with Crippen molar-refractivity contribution in [2.75, 3.05) is 0 Å². The lowest BCUT2D eigenvalue weighted by Gasteiger charge is -2.22. The van der Waals surface area contributed by atoms with Crippen molar-refractivity contribution in [3.05, 3.63) is 163 Å². The van der Waals surface area contributed by atoms with Gasteiger partial charge in [-0.25, -0.2) is 0 Å². The zero-order valence-corrected chi connectivity index (χ0v) is 24.1. The van der Waals surface area contributed by atoms with Crippen molar-refractivity contribution in [2.45, 2.75) is 6.92 Å². The van der Waals surface area contributed by atoms with E-state index in [0.29, 0.717) is 0 Å². The molecule has 0 radical (unpaired) electrons. The minimum absolute atomic E-state index is 0.982. The summed E-state index contributed by atoms with van der Waals surface area (Å²) in [7, 11) is 0. The largest absolute Gasteiger partial charge is 0.404 e. The Kier molecular flexibility index (Phi) is 8.32. The second kappa shape index (κ2) is 12.4. The Bertz CT molecular complexity index is 1880. The highest BCUT2D eigenvalue weighted by Gasteiger charge is 2.21. The van der Waals surface area contributed by atoms with E-state index >= 15 is 0 Å². The molecule has 5 rings (SSSR count). The van der Waals surface area contributed by atoms with Gasteiger partial charge in [0.15, 0.2) is 0 Å². The third-order valence-electron chi connectivity index (χ3n) is 7.79. The van der Waals surface area contributed by atoms with Crippen LogP contribution in [0, 0.1) is 0 Å². The van der Waals surface area contributed by atoms with E-state index in [-0.39, 0.29) is 0 Å². The first-order valence-corrected chi connectivity index (χ1v) is 14.1. The van der Waals surface area contributed by atoms with Gasteiger partial charge in [0.25, 0.3) is 0 Å². The average molecular weight is 542 g/mol. The first-order chi connectivity index (χ1) is 20.6. The molecular weight excluding hydrogens is 506 g/mol. The van der Waals surface area contributed by atoms with E-state index in [0.717, 1.165) is 72.2 Å². The summed E-state index contributed by atoms with van der Waals surface area (Å²) < 4.78 is 0. The summed E-state index contributed by atoms with van der Waals surface area (Å²) in [5, 5.41) is 2.32. The molecule has 0 bridgehead atoms. The van der Waals surface area contributed by atoms with Crippen molar-refractivity contribution in [2.24, 2.45) is 5.73 Å². The number of benzene rings is 5. The number of allylic oxidation sites excluding steroid dienone is 3. The van der Waals surface area contributed by atoms with Crippen LogP contribution in [0.1, 0.15) is 34.7 Å². The molecule has 0 aliphatic heterocycles. The van der Waals surface area contributed by atoms with Crippen molar-refractivity contribution >= 4 is 40.6 Å². The summed E-state index contributed by atoms with van der Waals surface area (Å²) in [5.41, 5.74) is 18.8. The maximum absolute atomic E-state index is 5.87. The first kappa shape index (κ1) is 28.1. The number of hydrogen-bond acceptors (Lipinski definition) is 1. The molecule has 0 spiro atoms. The molecule has 0 amide bonds. The van der Waals surface area contributed by atoms with E-state index in [4.69, 9.17) is 5.73 Å². The molecule has 0 saturated heterocycles. The predicted octanol–water partition coefficient (Wildman–Crippen LogP) is 11.3. The molecule has 5 aromatic rings. The van der Waals surface area contributed by atoms with E-state index < -0.39 is 0 Å². The highest BCUT2D eigenvalue weighted by atomic mass is 14.5. The quantitative estimate of drug-likeness (QED) is 0.185. The van der Waals surface area contributed by atoms with Gasteiger partial charge in [-0.05, 0) is 84.5 Å². The van der Waals surface area contributed by atoms with Crippen molar-refractivity contribution in [1.29, 1.82) is 0 Å². The predicted molar refractivity (Wildman–Crippen MR) is 188 cm³/mol. The van der Waals surface area contributed by atoms with Crippen LogP contribution < -0.4 is 5.73 Å². The van der Waals surface area contributed by atoms with Gasteiger partial charge < -0.3 is 5.73 Å². The molecule has 0 fully saturated rings. The summed E-state index contributed by atoms with van der Waals surface area (Å²) >= 11 is 0. The lowest BCUT2D eigenvalue weighted by molar-refractivity contribution is 1.52. The standard InChI is InChI=1S/C41H35N/c1-6-16-31(27-42)28-21-23-29(24-22-28)36-25-26-39(33(8-3)32(36)7-2)41-35(10-5)34(9-4)40(30-17-12-11-13-18-30)37-19-14-15-20-38(37)41/h6-27H,2-5,42H2,1H3/b16-6-,31-27+. The fourth-order valence-corrected chi connectivity index (χ4v) is 5.92. The Balaban J connectivity index is 1.79. The van der Waals surface area contributed by atoms with Crippen molar-refractivity contribution in [3.8, 4) is 33.4 Å². The molecule has 0 aliphatic carbocycles. The molecule has 5 aromatic carbocycles. The minimum atomic E-state index is 0.982. The lowest BCUT2D eigenvalue weighted by Crippen LogP contribution is -1.99. The third-order valence-corrected chi connectivity index (χ3v) is 7.79. The van der Waals surface area contributed by atoms with Crippen LogP contribution in [0.25, 0.3) is 74.0 Å². The second-order valence-electron chi connectivity index (χ2n) is 9.99. The van der Waals surface area contributed by atoms with Crippen LogP contribution in [0.5, 0.6) is 0 Å². The van der Waals surface area contributed by atoms with Gasteiger partial charge in [-0.1, -0.05) is 154 Å². The van der Waals surface area contributed by atoms with Gasteiger partial charge in [-0.2, -0.15) is 0 Å². The number of rotatable bonds is 9. The maximum Gasteiger partial charge on any atom is 0.00174 e. The van der Waals surface area contributed by atoms with Gasteiger partial charge in [-0.3, -0.25) is 0 Å². The molecule has 1 nitrogen and oxygen atoms in total. The van der Waals surface area contributed by atoms with Gasteiger partial charge in [0.2, 0.25) is 0 Å². The van der Waals surface area contributed by atoms with Crippen molar-refractivity contribution in [3.63, 3.8) is 0 Å². The van der Waals surface area contributed by atoms with Gasteiger partial charge in [-0.15, -0.1) is 0 Å². The van der Waals surface area contributed by atoms with Gasteiger partial charge in [0.1, 0.15) is 0 Å². The molecule has 0 unspecified atom stereocenters. The second-order valence-corrected chi connectivity index (χ2v) is 9.99. The summed E-state index contributed by atoms with van der Waals surface area (Å²) in [6, 6.07) is 31.9. The zero-order valence-electron chi connectivity index (χ0n) is 24.1. The van der Waals surface area contributed by atoms with Crippen LogP contribution in [0.15, 0.2) is 136 Å². The highest BCUT2D eigenvalue weighted by Crippen LogP contribution is 2.45. The van der Waals surface area contributed by atoms with Gasteiger partial charge in [0.05, 0.1) is 0 Å². The molecule has 42 heavy (non-hydrogen) atoms. The Hall–Kier alpha value is -5.40. The Labute approximate surface area is 249 Å². The van der Waals surface area contributed by atoms with Crippen molar-refractivity contribution < 1.29 is 0 Å². The molecule has 0 heterocycles. The summed E-state index contributed by atoms with van der Waals surface area (Å²) in [5.74, 6) is 0. The molecule has 2 N–H and O–H groups in total. The topological polar surface area (TPSA) is 26.0 Å². The summed E-state index contributed by atoms with van der Waals surface area (Å²) in [4.78, 5) is 0. The van der Waals surface area contributed by atoms with Gasteiger partial charge in [0, 0.05) is 6.20 Å². The Morgan fingerprint density at radius 2 is 1.07 bits per heavy atom. The van der Waals surface area contributed by atoms with Crippen molar-refractivity contribution in [1.82, 2.24) is 0 Å². The number of nitrogens with two attached hydrogens (primary N) is 1. The number of hydrogen-bond donors (Lipinski definition) is 1. The molecule has 0 aliphatic rings.